The quantitative estimate of drug-likeness (QED) is 0.200. The maximum Gasteiger partial charge on any atom is 0.231 e. The predicted octanol–water partition coefficient (Wildman–Crippen LogP) is 4.13. The molecule has 2 N–H and O–H groups in total. The van der Waals surface area contributed by atoms with Crippen molar-refractivity contribution in [2.24, 2.45) is 4.99 Å². The highest BCUT2D eigenvalue weighted by Gasteiger charge is 2.12. The SMILES string of the molecule is CCNC(=NCc1ccc2c(c1)OCO2)NCCCCOCCc1ccccc1.I. The normalized spacial score (nSPS) is 12.4. The first-order chi connectivity index (χ1) is 14.3. The third-order valence-corrected chi connectivity index (χ3v) is 4.59. The summed E-state index contributed by atoms with van der Waals surface area (Å²) in [5.41, 5.74) is 2.42. The van der Waals surface area contributed by atoms with Crippen molar-refractivity contribution in [3.63, 3.8) is 0 Å². The van der Waals surface area contributed by atoms with Crippen LogP contribution in [0.2, 0.25) is 0 Å². The molecule has 0 aliphatic carbocycles. The fourth-order valence-corrected chi connectivity index (χ4v) is 3.02. The lowest BCUT2D eigenvalue weighted by Gasteiger charge is -2.11. The summed E-state index contributed by atoms with van der Waals surface area (Å²) >= 11 is 0. The summed E-state index contributed by atoms with van der Waals surface area (Å²) in [7, 11) is 0. The average molecular weight is 525 g/mol. The van der Waals surface area contributed by atoms with Gasteiger partial charge in [0.05, 0.1) is 13.2 Å². The zero-order valence-corrected chi connectivity index (χ0v) is 19.9. The van der Waals surface area contributed by atoms with Crippen LogP contribution in [0.1, 0.15) is 30.9 Å². The minimum absolute atomic E-state index is 0. The number of nitrogens with one attached hydrogen (secondary N) is 2. The van der Waals surface area contributed by atoms with Crippen LogP contribution in [-0.2, 0) is 17.7 Å². The minimum atomic E-state index is 0. The van der Waals surface area contributed by atoms with Gasteiger partial charge in [0, 0.05) is 19.7 Å². The average Bonchev–Trinajstić information content (AvgIpc) is 3.22. The molecule has 7 heteroatoms. The maximum atomic E-state index is 5.74. The lowest BCUT2D eigenvalue weighted by Crippen LogP contribution is -2.37. The molecule has 2 aromatic rings. The van der Waals surface area contributed by atoms with E-state index in [0.29, 0.717) is 13.3 Å². The standard InChI is InChI=1S/C23H31N3O3.HI/c1-2-24-23(26-17-20-10-11-21-22(16-20)29-18-28-21)25-13-6-7-14-27-15-12-19-8-4-3-5-9-19;/h3-5,8-11,16H,2,6-7,12-15,17-18H2,1H3,(H2,24,25,26);1H. The van der Waals surface area contributed by atoms with E-state index >= 15 is 0 Å². The molecule has 164 valence electrons. The van der Waals surface area contributed by atoms with E-state index in [-0.39, 0.29) is 24.0 Å². The summed E-state index contributed by atoms with van der Waals surface area (Å²) in [6, 6.07) is 16.4. The molecule has 3 rings (SSSR count). The van der Waals surface area contributed by atoms with E-state index in [1.165, 1.54) is 5.56 Å². The van der Waals surface area contributed by atoms with Crippen molar-refractivity contribution in [3.8, 4) is 11.5 Å². The van der Waals surface area contributed by atoms with Crippen LogP contribution in [0.25, 0.3) is 0 Å². The fraction of sp³-hybridized carbons (Fsp3) is 0.435. The second kappa shape index (κ2) is 14.1. The van der Waals surface area contributed by atoms with Crippen molar-refractivity contribution in [1.82, 2.24) is 10.6 Å². The molecule has 2 aromatic carbocycles. The number of rotatable bonds is 11. The molecule has 0 saturated carbocycles. The molecule has 0 amide bonds. The number of guanidine groups is 1. The Kier molecular flexibility index (Phi) is 11.4. The van der Waals surface area contributed by atoms with Crippen LogP contribution >= 0.6 is 24.0 Å². The largest absolute Gasteiger partial charge is 0.454 e. The summed E-state index contributed by atoms with van der Waals surface area (Å²) in [5, 5.41) is 6.67. The predicted molar refractivity (Wildman–Crippen MR) is 131 cm³/mol. The van der Waals surface area contributed by atoms with E-state index in [2.05, 4.69) is 46.8 Å². The molecule has 0 fully saturated rings. The molecule has 1 heterocycles. The Morgan fingerprint density at radius 1 is 0.967 bits per heavy atom. The van der Waals surface area contributed by atoms with E-state index < -0.39 is 0 Å². The van der Waals surface area contributed by atoms with Gasteiger partial charge in [0.2, 0.25) is 6.79 Å². The molecule has 0 unspecified atom stereocenters. The summed E-state index contributed by atoms with van der Waals surface area (Å²) in [4.78, 5) is 4.66. The van der Waals surface area contributed by atoms with Crippen LogP contribution in [0.4, 0.5) is 0 Å². The number of hydrogen-bond acceptors (Lipinski definition) is 4. The van der Waals surface area contributed by atoms with Crippen molar-refractivity contribution in [1.29, 1.82) is 0 Å². The molecule has 0 atom stereocenters. The van der Waals surface area contributed by atoms with E-state index in [1.807, 2.05) is 24.3 Å². The molecule has 30 heavy (non-hydrogen) atoms. The molecular weight excluding hydrogens is 493 g/mol. The molecule has 0 saturated heterocycles. The topological polar surface area (TPSA) is 64.1 Å². The van der Waals surface area contributed by atoms with Gasteiger partial charge in [-0.2, -0.15) is 0 Å². The number of halogens is 1. The molecule has 0 bridgehead atoms. The Morgan fingerprint density at radius 2 is 1.80 bits per heavy atom. The first kappa shape index (κ1) is 24.3. The summed E-state index contributed by atoms with van der Waals surface area (Å²) in [5.74, 6) is 2.42. The second-order valence-electron chi connectivity index (χ2n) is 6.86. The van der Waals surface area contributed by atoms with Crippen molar-refractivity contribution >= 4 is 29.9 Å². The third kappa shape index (κ3) is 8.39. The monoisotopic (exact) mass is 525 g/mol. The van der Waals surface area contributed by atoms with E-state index in [0.717, 1.165) is 68.6 Å². The first-order valence-corrected chi connectivity index (χ1v) is 10.4. The molecule has 6 nitrogen and oxygen atoms in total. The van der Waals surface area contributed by atoms with Gasteiger partial charge in [-0.05, 0) is 49.4 Å². The van der Waals surface area contributed by atoms with Crippen molar-refractivity contribution < 1.29 is 14.2 Å². The second-order valence-corrected chi connectivity index (χ2v) is 6.86. The van der Waals surface area contributed by atoms with Crippen LogP contribution in [-0.4, -0.2) is 39.1 Å². The Balaban J connectivity index is 0.00000320. The van der Waals surface area contributed by atoms with Gasteiger partial charge in [-0.25, -0.2) is 4.99 Å². The minimum Gasteiger partial charge on any atom is -0.454 e. The van der Waals surface area contributed by atoms with E-state index in [9.17, 15) is 0 Å². The maximum absolute atomic E-state index is 5.74. The van der Waals surface area contributed by atoms with E-state index in [4.69, 9.17) is 14.2 Å². The smallest absolute Gasteiger partial charge is 0.231 e. The van der Waals surface area contributed by atoms with Crippen molar-refractivity contribution in [3.05, 3.63) is 59.7 Å². The van der Waals surface area contributed by atoms with Crippen LogP contribution < -0.4 is 20.1 Å². The number of aliphatic imine (C=N–C) groups is 1. The molecule has 1 aliphatic heterocycles. The van der Waals surface area contributed by atoms with Crippen LogP contribution in [0, 0.1) is 0 Å². The zero-order chi connectivity index (χ0) is 20.2. The van der Waals surface area contributed by atoms with E-state index in [1.54, 1.807) is 0 Å². The molecule has 0 aromatic heterocycles. The van der Waals surface area contributed by atoms with Gasteiger partial charge >= 0.3 is 0 Å². The number of fused-ring (bicyclic) bond motifs is 1. The fourth-order valence-electron chi connectivity index (χ4n) is 3.02. The molecule has 1 aliphatic rings. The molecule has 0 radical (unpaired) electrons. The van der Waals surface area contributed by atoms with Gasteiger partial charge in [-0.15, -0.1) is 24.0 Å². The summed E-state index contributed by atoms with van der Waals surface area (Å²) in [6.07, 6.45) is 3.04. The summed E-state index contributed by atoms with van der Waals surface area (Å²) in [6.45, 7) is 6.22. The highest BCUT2D eigenvalue weighted by Crippen LogP contribution is 2.32. The Hall–Kier alpha value is -2.00. The van der Waals surface area contributed by atoms with Crippen molar-refractivity contribution in [2.45, 2.75) is 32.7 Å². The van der Waals surface area contributed by atoms with Crippen molar-refractivity contribution in [2.75, 3.05) is 33.1 Å². The van der Waals surface area contributed by atoms with Crippen LogP contribution in [0.15, 0.2) is 53.5 Å². The van der Waals surface area contributed by atoms with Crippen LogP contribution in [0.3, 0.4) is 0 Å². The van der Waals surface area contributed by atoms with Gasteiger partial charge in [0.1, 0.15) is 0 Å². The van der Waals surface area contributed by atoms with Gasteiger partial charge in [-0.3, -0.25) is 0 Å². The molecule has 0 spiro atoms. The third-order valence-electron chi connectivity index (χ3n) is 4.59. The number of benzene rings is 2. The Bertz CT molecular complexity index is 772. The van der Waals surface area contributed by atoms with Gasteiger partial charge in [0.25, 0.3) is 0 Å². The van der Waals surface area contributed by atoms with Gasteiger partial charge in [0.15, 0.2) is 17.5 Å². The summed E-state index contributed by atoms with van der Waals surface area (Å²) < 4.78 is 16.5. The highest BCUT2D eigenvalue weighted by atomic mass is 127. The Labute approximate surface area is 196 Å². The zero-order valence-electron chi connectivity index (χ0n) is 17.6. The Morgan fingerprint density at radius 3 is 2.63 bits per heavy atom. The number of unbranched alkanes of at least 4 members (excludes halogenated alkanes) is 1. The van der Waals surface area contributed by atoms with Gasteiger partial charge < -0.3 is 24.8 Å². The number of ether oxygens (including phenoxy) is 3. The van der Waals surface area contributed by atoms with Gasteiger partial charge in [-0.1, -0.05) is 36.4 Å². The number of nitrogens with zero attached hydrogens (tertiary/aromatic N) is 1. The highest BCUT2D eigenvalue weighted by molar-refractivity contribution is 14.0. The lowest BCUT2D eigenvalue weighted by atomic mass is 10.2. The molecular formula is C23H32IN3O3. The first-order valence-electron chi connectivity index (χ1n) is 10.4. The lowest BCUT2D eigenvalue weighted by molar-refractivity contribution is 0.133. The van der Waals surface area contributed by atoms with Crippen LogP contribution in [0.5, 0.6) is 11.5 Å². The number of hydrogen-bond donors (Lipinski definition) is 2.